The van der Waals surface area contributed by atoms with Gasteiger partial charge in [-0.2, -0.15) is 0 Å². The molecule has 0 saturated heterocycles. The Bertz CT molecular complexity index is 479. The molecule has 0 bridgehead atoms. The summed E-state index contributed by atoms with van der Waals surface area (Å²) in [5.41, 5.74) is 0. The van der Waals surface area contributed by atoms with E-state index in [1.165, 1.54) is 25.7 Å². The van der Waals surface area contributed by atoms with E-state index in [1.54, 1.807) is 0 Å². The first-order chi connectivity index (χ1) is 13.6. The van der Waals surface area contributed by atoms with Gasteiger partial charge in [-0.05, 0) is 44.9 Å². The zero-order valence-electron chi connectivity index (χ0n) is 17.4. The molecule has 0 aromatic heterocycles. The molecule has 0 aromatic carbocycles. The summed E-state index contributed by atoms with van der Waals surface area (Å²) in [4.78, 5) is 22.5. The van der Waals surface area contributed by atoms with Crippen molar-refractivity contribution in [3.8, 4) is 0 Å². The van der Waals surface area contributed by atoms with Crippen molar-refractivity contribution < 1.29 is 24.5 Å². The van der Waals surface area contributed by atoms with Crippen molar-refractivity contribution in [2.24, 2.45) is 0 Å². The molecule has 0 saturated carbocycles. The molecule has 0 radical (unpaired) electrons. The van der Waals surface area contributed by atoms with Crippen LogP contribution in [0.25, 0.3) is 0 Å². The van der Waals surface area contributed by atoms with E-state index in [9.17, 15) is 9.59 Å². The average Bonchev–Trinajstić information content (AvgIpc) is 2.69. The van der Waals surface area contributed by atoms with Gasteiger partial charge in [0.15, 0.2) is 6.10 Å². The van der Waals surface area contributed by atoms with E-state index in [0.29, 0.717) is 6.42 Å². The Kier molecular flexibility index (Phi) is 18.8. The van der Waals surface area contributed by atoms with Crippen LogP contribution in [0.1, 0.15) is 84.0 Å². The SMILES string of the molecule is CCCCC/C=C/C/C=C/C/C=C/CCCCCCC(=O)OC(=O)C(O)CO. The van der Waals surface area contributed by atoms with Crippen LogP contribution < -0.4 is 0 Å². The van der Waals surface area contributed by atoms with Crippen molar-refractivity contribution in [2.75, 3.05) is 6.61 Å². The van der Waals surface area contributed by atoms with Gasteiger partial charge in [-0.25, -0.2) is 4.79 Å². The highest BCUT2D eigenvalue weighted by Crippen LogP contribution is 2.07. The molecular formula is C23H38O5. The number of hydrogen-bond donors (Lipinski definition) is 2. The van der Waals surface area contributed by atoms with Gasteiger partial charge in [-0.3, -0.25) is 4.79 Å². The predicted octanol–water partition coefficient (Wildman–Crippen LogP) is 4.78. The maximum absolute atomic E-state index is 11.4. The lowest BCUT2D eigenvalue weighted by molar-refractivity contribution is -0.167. The Labute approximate surface area is 170 Å². The van der Waals surface area contributed by atoms with Gasteiger partial charge in [0, 0.05) is 6.42 Å². The number of rotatable bonds is 17. The third-order valence-electron chi connectivity index (χ3n) is 4.18. The molecule has 28 heavy (non-hydrogen) atoms. The Hall–Kier alpha value is -1.72. The van der Waals surface area contributed by atoms with Crippen molar-refractivity contribution in [3.05, 3.63) is 36.5 Å². The summed E-state index contributed by atoms with van der Waals surface area (Å²) in [6.45, 7) is 1.48. The lowest BCUT2D eigenvalue weighted by Gasteiger charge is -2.06. The molecule has 160 valence electrons. The number of carbonyl (C=O) groups excluding carboxylic acids is 2. The van der Waals surface area contributed by atoms with Crippen molar-refractivity contribution in [2.45, 2.75) is 90.1 Å². The van der Waals surface area contributed by atoms with Crippen molar-refractivity contribution in [1.82, 2.24) is 0 Å². The van der Waals surface area contributed by atoms with Crippen molar-refractivity contribution in [1.29, 1.82) is 0 Å². The van der Waals surface area contributed by atoms with E-state index < -0.39 is 24.6 Å². The summed E-state index contributed by atoms with van der Waals surface area (Å²) in [6.07, 6.45) is 23.5. The van der Waals surface area contributed by atoms with E-state index in [2.05, 4.69) is 48.1 Å². The number of hydrogen-bond acceptors (Lipinski definition) is 5. The van der Waals surface area contributed by atoms with E-state index in [4.69, 9.17) is 10.2 Å². The topological polar surface area (TPSA) is 83.8 Å². The Morgan fingerprint density at radius 3 is 1.93 bits per heavy atom. The van der Waals surface area contributed by atoms with Crippen LogP contribution in [0.2, 0.25) is 0 Å². The number of carbonyl (C=O) groups is 2. The molecule has 0 amide bonds. The number of esters is 2. The van der Waals surface area contributed by atoms with Gasteiger partial charge >= 0.3 is 11.9 Å². The van der Waals surface area contributed by atoms with Gasteiger partial charge < -0.3 is 14.9 Å². The van der Waals surface area contributed by atoms with Crippen LogP contribution in [0.3, 0.4) is 0 Å². The molecule has 1 unspecified atom stereocenters. The summed E-state index contributed by atoms with van der Waals surface area (Å²) < 4.78 is 4.42. The first-order valence-corrected chi connectivity index (χ1v) is 10.6. The Morgan fingerprint density at radius 1 is 0.821 bits per heavy atom. The monoisotopic (exact) mass is 394 g/mol. The second kappa shape index (κ2) is 20.0. The number of aliphatic hydroxyl groups excluding tert-OH is 2. The quantitative estimate of drug-likeness (QED) is 0.161. The van der Waals surface area contributed by atoms with Gasteiger partial charge in [0.1, 0.15) is 0 Å². The summed E-state index contributed by atoms with van der Waals surface area (Å²) in [7, 11) is 0. The highest BCUT2D eigenvalue weighted by Gasteiger charge is 2.18. The molecule has 0 aromatic rings. The molecule has 0 aliphatic heterocycles. The van der Waals surface area contributed by atoms with Gasteiger partial charge in [-0.15, -0.1) is 0 Å². The van der Waals surface area contributed by atoms with Gasteiger partial charge in [0.2, 0.25) is 0 Å². The highest BCUT2D eigenvalue weighted by atomic mass is 16.6. The highest BCUT2D eigenvalue weighted by molar-refractivity contribution is 5.87. The van der Waals surface area contributed by atoms with E-state index in [1.807, 2.05) is 0 Å². The van der Waals surface area contributed by atoms with Crippen LogP contribution in [-0.2, 0) is 14.3 Å². The maximum Gasteiger partial charge on any atom is 0.345 e. The van der Waals surface area contributed by atoms with Crippen LogP contribution in [0, 0.1) is 0 Å². The van der Waals surface area contributed by atoms with Crippen LogP contribution in [-0.4, -0.2) is 34.9 Å². The third-order valence-corrected chi connectivity index (χ3v) is 4.18. The lowest BCUT2D eigenvalue weighted by Crippen LogP contribution is -2.28. The normalized spacial score (nSPS) is 13.0. The molecule has 0 heterocycles. The maximum atomic E-state index is 11.4. The Balaban J connectivity index is 3.47. The molecular weight excluding hydrogens is 356 g/mol. The fourth-order valence-electron chi connectivity index (χ4n) is 2.48. The summed E-state index contributed by atoms with van der Waals surface area (Å²) in [6, 6.07) is 0. The molecule has 0 rings (SSSR count). The van der Waals surface area contributed by atoms with Crippen LogP contribution in [0.15, 0.2) is 36.5 Å². The standard InChI is InChI=1S/C23H38O5/c1-2-3-4-5-6-7-8-9-10-11-12-13-14-15-16-17-18-19-22(26)28-23(27)21(25)20-24/h6-7,9-10,12-13,21,24-25H,2-5,8,11,14-20H2,1H3/b7-6+,10-9+,13-12+. The minimum atomic E-state index is -1.64. The molecule has 1 atom stereocenters. The molecule has 0 aliphatic carbocycles. The molecule has 2 N–H and O–H groups in total. The summed E-state index contributed by atoms with van der Waals surface area (Å²) in [5, 5.41) is 17.6. The second-order valence-electron chi connectivity index (χ2n) is 6.83. The second-order valence-corrected chi connectivity index (χ2v) is 6.83. The zero-order valence-corrected chi connectivity index (χ0v) is 17.4. The molecule has 0 spiro atoms. The third kappa shape index (κ3) is 17.7. The minimum Gasteiger partial charge on any atom is -0.393 e. The summed E-state index contributed by atoms with van der Waals surface area (Å²) in [5.74, 6) is -1.74. The van der Waals surface area contributed by atoms with Crippen molar-refractivity contribution >= 4 is 11.9 Å². The smallest absolute Gasteiger partial charge is 0.345 e. The van der Waals surface area contributed by atoms with Gasteiger partial charge in [-0.1, -0.05) is 69.1 Å². The van der Waals surface area contributed by atoms with Crippen LogP contribution >= 0.6 is 0 Å². The van der Waals surface area contributed by atoms with E-state index >= 15 is 0 Å². The van der Waals surface area contributed by atoms with Crippen molar-refractivity contribution in [3.63, 3.8) is 0 Å². The van der Waals surface area contributed by atoms with E-state index in [0.717, 1.165) is 38.5 Å². The number of unbranched alkanes of at least 4 members (excludes halogenated alkanes) is 7. The van der Waals surface area contributed by atoms with Gasteiger partial charge in [0.05, 0.1) is 6.61 Å². The average molecular weight is 395 g/mol. The minimum absolute atomic E-state index is 0.150. The van der Waals surface area contributed by atoms with Crippen LogP contribution in [0.5, 0.6) is 0 Å². The zero-order chi connectivity index (χ0) is 20.9. The van der Waals surface area contributed by atoms with Crippen LogP contribution in [0.4, 0.5) is 0 Å². The molecule has 0 fully saturated rings. The molecule has 5 nitrogen and oxygen atoms in total. The predicted molar refractivity (Wildman–Crippen MR) is 113 cm³/mol. The number of aliphatic hydroxyl groups is 2. The fourth-order valence-corrected chi connectivity index (χ4v) is 2.48. The lowest BCUT2D eigenvalue weighted by atomic mass is 10.1. The Morgan fingerprint density at radius 2 is 1.36 bits per heavy atom. The first-order valence-electron chi connectivity index (χ1n) is 10.6. The van der Waals surface area contributed by atoms with Gasteiger partial charge in [0.25, 0.3) is 0 Å². The summed E-state index contributed by atoms with van der Waals surface area (Å²) >= 11 is 0. The fraction of sp³-hybridized carbons (Fsp3) is 0.652. The first kappa shape index (κ1) is 26.3. The van der Waals surface area contributed by atoms with E-state index in [-0.39, 0.29) is 6.42 Å². The largest absolute Gasteiger partial charge is 0.393 e. The molecule has 5 heteroatoms. The number of allylic oxidation sites excluding steroid dienone is 6. The number of ether oxygens (including phenoxy) is 1. The molecule has 0 aliphatic rings.